The quantitative estimate of drug-likeness (QED) is 0.613. The highest BCUT2D eigenvalue weighted by molar-refractivity contribution is 7.20. The zero-order valence-electron chi connectivity index (χ0n) is 17.4. The third-order valence-corrected chi connectivity index (χ3v) is 6.96. The first-order valence-electron chi connectivity index (χ1n) is 10.6. The summed E-state index contributed by atoms with van der Waals surface area (Å²) in [7, 11) is 0. The molecule has 2 aliphatic rings. The average molecular weight is 437 g/mol. The Morgan fingerprint density at radius 3 is 2.77 bits per heavy atom. The molecule has 3 aromatic rings. The molecule has 4 heterocycles. The lowest BCUT2D eigenvalue weighted by molar-refractivity contribution is -0.136. The summed E-state index contributed by atoms with van der Waals surface area (Å²) in [5.41, 5.74) is 1.73. The van der Waals surface area contributed by atoms with Crippen molar-refractivity contribution >= 4 is 33.4 Å². The van der Waals surface area contributed by atoms with Crippen LogP contribution >= 0.6 is 11.3 Å². The van der Waals surface area contributed by atoms with E-state index in [-0.39, 0.29) is 24.0 Å². The van der Waals surface area contributed by atoms with Gasteiger partial charge in [-0.05, 0) is 31.0 Å². The standard InChI is InChI=1S/C23H24N4O3S/c1-15(28)26-11-12-30-19(14-26)20-18-6-4-10-25-22(18)31-21(20)23(29)27(17-7-8-17)13-16-5-2-3-9-24-16/h2-6,9-10,17,19H,7-8,11-14H2,1H3. The number of aromatic nitrogens is 2. The Balaban J connectivity index is 1.53. The predicted molar refractivity (Wildman–Crippen MR) is 118 cm³/mol. The second kappa shape index (κ2) is 8.36. The molecule has 0 aromatic carbocycles. The number of thiophene rings is 1. The third-order valence-electron chi connectivity index (χ3n) is 5.84. The Labute approximate surface area is 184 Å². The summed E-state index contributed by atoms with van der Waals surface area (Å²) >= 11 is 1.41. The van der Waals surface area contributed by atoms with Gasteiger partial charge in [0.2, 0.25) is 5.91 Å². The van der Waals surface area contributed by atoms with Crippen LogP contribution in [0.25, 0.3) is 10.2 Å². The molecule has 0 bridgehead atoms. The Bertz CT molecular complexity index is 1110. The summed E-state index contributed by atoms with van der Waals surface area (Å²) < 4.78 is 6.08. The molecule has 1 atom stereocenters. The van der Waals surface area contributed by atoms with E-state index in [1.54, 1.807) is 24.2 Å². The molecule has 31 heavy (non-hydrogen) atoms. The monoisotopic (exact) mass is 436 g/mol. The van der Waals surface area contributed by atoms with Crippen molar-refractivity contribution in [2.45, 2.75) is 38.5 Å². The first-order valence-corrected chi connectivity index (χ1v) is 11.4. The first-order chi connectivity index (χ1) is 15.1. The van der Waals surface area contributed by atoms with Crippen molar-refractivity contribution in [2.24, 2.45) is 0 Å². The number of ether oxygens (including phenoxy) is 1. The number of rotatable bonds is 5. The topological polar surface area (TPSA) is 75.6 Å². The second-order valence-electron chi connectivity index (χ2n) is 8.01. The fraction of sp³-hybridized carbons (Fsp3) is 0.391. The number of hydrogen-bond donors (Lipinski definition) is 0. The molecule has 1 saturated heterocycles. The van der Waals surface area contributed by atoms with E-state index < -0.39 is 0 Å². The number of carbonyl (C=O) groups excluding carboxylic acids is 2. The summed E-state index contributed by atoms with van der Waals surface area (Å²) in [6.45, 7) is 3.53. The Morgan fingerprint density at radius 1 is 1.19 bits per heavy atom. The summed E-state index contributed by atoms with van der Waals surface area (Å²) in [4.78, 5) is 39.9. The van der Waals surface area contributed by atoms with Crippen molar-refractivity contribution in [3.8, 4) is 0 Å². The molecule has 1 saturated carbocycles. The molecule has 8 heteroatoms. The fourth-order valence-electron chi connectivity index (χ4n) is 4.09. The van der Waals surface area contributed by atoms with Gasteiger partial charge in [0.25, 0.3) is 5.91 Å². The maximum atomic E-state index is 13.8. The fourth-order valence-corrected chi connectivity index (χ4v) is 5.24. The minimum absolute atomic E-state index is 0.00491. The Morgan fingerprint density at radius 2 is 2.03 bits per heavy atom. The van der Waals surface area contributed by atoms with Crippen LogP contribution in [0, 0.1) is 0 Å². The summed E-state index contributed by atoms with van der Waals surface area (Å²) in [5, 5.41) is 0.930. The van der Waals surface area contributed by atoms with Crippen LogP contribution in [0.1, 0.15) is 46.8 Å². The molecular weight excluding hydrogens is 412 g/mol. The van der Waals surface area contributed by atoms with Gasteiger partial charge < -0.3 is 14.5 Å². The highest BCUT2D eigenvalue weighted by Crippen LogP contribution is 2.40. The van der Waals surface area contributed by atoms with Gasteiger partial charge in [-0.15, -0.1) is 11.3 Å². The van der Waals surface area contributed by atoms with Crippen molar-refractivity contribution < 1.29 is 14.3 Å². The van der Waals surface area contributed by atoms with Crippen LogP contribution in [0.4, 0.5) is 0 Å². The number of nitrogens with zero attached hydrogens (tertiary/aromatic N) is 4. The smallest absolute Gasteiger partial charge is 0.265 e. The molecule has 160 valence electrons. The van der Waals surface area contributed by atoms with E-state index in [0.29, 0.717) is 31.1 Å². The van der Waals surface area contributed by atoms with Crippen LogP contribution in [0.2, 0.25) is 0 Å². The molecule has 0 N–H and O–H groups in total. The second-order valence-corrected chi connectivity index (χ2v) is 9.01. The van der Waals surface area contributed by atoms with E-state index in [1.807, 2.05) is 35.2 Å². The molecule has 2 fully saturated rings. The molecule has 7 nitrogen and oxygen atoms in total. The zero-order chi connectivity index (χ0) is 21.4. The van der Waals surface area contributed by atoms with Crippen molar-refractivity contribution in [1.82, 2.24) is 19.8 Å². The van der Waals surface area contributed by atoms with Crippen LogP contribution in [0.5, 0.6) is 0 Å². The third kappa shape index (κ3) is 4.05. The van der Waals surface area contributed by atoms with E-state index in [0.717, 1.165) is 34.3 Å². The molecule has 5 rings (SSSR count). The van der Waals surface area contributed by atoms with Crippen molar-refractivity contribution in [3.05, 3.63) is 58.9 Å². The van der Waals surface area contributed by atoms with Crippen LogP contribution in [0.3, 0.4) is 0 Å². The van der Waals surface area contributed by atoms with Gasteiger partial charge in [0.15, 0.2) is 0 Å². The number of pyridine rings is 2. The molecule has 1 unspecified atom stereocenters. The molecular formula is C23H24N4O3S. The molecule has 1 aliphatic carbocycles. The van der Waals surface area contributed by atoms with Gasteiger partial charge in [0.1, 0.15) is 15.8 Å². The Kier molecular flexibility index (Phi) is 5.41. The number of fused-ring (bicyclic) bond motifs is 1. The van der Waals surface area contributed by atoms with Gasteiger partial charge in [0, 0.05) is 42.9 Å². The van der Waals surface area contributed by atoms with E-state index in [1.165, 1.54) is 11.3 Å². The van der Waals surface area contributed by atoms with E-state index in [9.17, 15) is 9.59 Å². The van der Waals surface area contributed by atoms with Gasteiger partial charge in [0.05, 0.1) is 25.4 Å². The summed E-state index contributed by atoms with van der Waals surface area (Å²) in [6, 6.07) is 9.88. The molecule has 3 aromatic heterocycles. The first kappa shape index (κ1) is 20.1. The van der Waals surface area contributed by atoms with E-state index in [2.05, 4.69) is 9.97 Å². The van der Waals surface area contributed by atoms with Crippen molar-refractivity contribution in [1.29, 1.82) is 0 Å². The summed E-state index contributed by atoms with van der Waals surface area (Å²) in [6.07, 6.45) is 5.17. The minimum Gasteiger partial charge on any atom is -0.370 e. The average Bonchev–Trinajstić information content (AvgIpc) is 3.57. The minimum atomic E-state index is -0.342. The maximum absolute atomic E-state index is 13.8. The van der Waals surface area contributed by atoms with Gasteiger partial charge in [-0.2, -0.15) is 0 Å². The normalized spacial score (nSPS) is 18.9. The van der Waals surface area contributed by atoms with Crippen molar-refractivity contribution in [3.63, 3.8) is 0 Å². The highest BCUT2D eigenvalue weighted by Gasteiger charge is 2.37. The zero-order valence-corrected chi connectivity index (χ0v) is 18.2. The highest BCUT2D eigenvalue weighted by atomic mass is 32.1. The van der Waals surface area contributed by atoms with Crippen LogP contribution in [-0.4, -0.2) is 57.3 Å². The van der Waals surface area contributed by atoms with Gasteiger partial charge in [-0.1, -0.05) is 12.1 Å². The lowest BCUT2D eigenvalue weighted by atomic mass is 10.0. The summed E-state index contributed by atoms with van der Waals surface area (Å²) in [5.74, 6) is 0.0169. The number of morpholine rings is 1. The lowest BCUT2D eigenvalue weighted by Crippen LogP contribution is -2.41. The lowest BCUT2D eigenvalue weighted by Gasteiger charge is -2.33. The molecule has 0 radical (unpaired) electrons. The van der Waals surface area contributed by atoms with Crippen LogP contribution < -0.4 is 0 Å². The van der Waals surface area contributed by atoms with Gasteiger partial charge in [-0.25, -0.2) is 4.98 Å². The van der Waals surface area contributed by atoms with E-state index >= 15 is 0 Å². The van der Waals surface area contributed by atoms with Crippen molar-refractivity contribution in [2.75, 3.05) is 19.7 Å². The number of amides is 2. The number of hydrogen-bond acceptors (Lipinski definition) is 6. The van der Waals surface area contributed by atoms with E-state index in [4.69, 9.17) is 4.74 Å². The SMILES string of the molecule is CC(=O)N1CCOC(c2c(C(=O)N(Cc3ccccn3)C3CC3)sc3ncccc23)C1. The van der Waals surface area contributed by atoms with Gasteiger partial charge in [-0.3, -0.25) is 14.6 Å². The van der Waals surface area contributed by atoms with Crippen LogP contribution in [-0.2, 0) is 16.1 Å². The Hall–Kier alpha value is -2.84. The molecule has 0 spiro atoms. The number of carbonyl (C=O) groups is 2. The van der Waals surface area contributed by atoms with Gasteiger partial charge >= 0.3 is 0 Å². The maximum Gasteiger partial charge on any atom is 0.265 e. The largest absolute Gasteiger partial charge is 0.370 e. The van der Waals surface area contributed by atoms with Crippen LogP contribution in [0.15, 0.2) is 42.7 Å². The molecule has 2 amide bonds. The molecule has 1 aliphatic heterocycles. The predicted octanol–water partition coefficient (Wildman–Crippen LogP) is 3.42.